The second-order valence-electron chi connectivity index (χ2n) is 8.95. The zero-order chi connectivity index (χ0) is 23.3. The van der Waals surface area contributed by atoms with Crippen LogP contribution in [0, 0.1) is 5.82 Å². The molecule has 33 heavy (non-hydrogen) atoms. The number of rotatable bonds is 7. The maximum atomic E-state index is 14.3. The lowest BCUT2D eigenvalue weighted by atomic mass is 10.1. The van der Waals surface area contributed by atoms with E-state index in [1.165, 1.54) is 41.6 Å². The smallest absolute Gasteiger partial charge is 0.251 e. The van der Waals surface area contributed by atoms with Crippen molar-refractivity contribution in [3.63, 3.8) is 0 Å². The fraction of sp³-hybridized carbons (Fsp3) is 0.480. The number of likely N-dealkylation sites (tertiary alicyclic amines) is 1. The van der Waals surface area contributed by atoms with Gasteiger partial charge < -0.3 is 5.32 Å². The molecule has 0 spiro atoms. The van der Waals surface area contributed by atoms with E-state index in [0.717, 1.165) is 50.2 Å². The maximum Gasteiger partial charge on any atom is 0.251 e. The van der Waals surface area contributed by atoms with Gasteiger partial charge in [0, 0.05) is 31.7 Å². The molecule has 1 amide bonds. The molecule has 2 saturated heterocycles. The van der Waals surface area contributed by atoms with Crippen LogP contribution in [0.1, 0.15) is 60.0 Å². The highest BCUT2D eigenvalue weighted by Crippen LogP contribution is 2.24. The van der Waals surface area contributed by atoms with Crippen LogP contribution >= 0.6 is 0 Å². The largest absolute Gasteiger partial charge is 0.348 e. The molecule has 2 aliphatic rings. The molecule has 1 N–H and O–H groups in total. The van der Waals surface area contributed by atoms with E-state index in [0.29, 0.717) is 19.6 Å². The van der Waals surface area contributed by atoms with Crippen LogP contribution in [-0.4, -0.2) is 49.7 Å². The summed E-state index contributed by atoms with van der Waals surface area (Å²) in [6, 6.07) is 11.7. The third kappa shape index (κ3) is 5.99. The molecule has 0 saturated carbocycles. The lowest BCUT2D eigenvalue weighted by Gasteiger charge is -2.19. The predicted molar refractivity (Wildman–Crippen MR) is 126 cm³/mol. The van der Waals surface area contributed by atoms with Crippen molar-refractivity contribution in [2.75, 3.05) is 26.2 Å². The number of hydrogen-bond donors (Lipinski definition) is 1. The first-order chi connectivity index (χ1) is 15.9. The van der Waals surface area contributed by atoms with Gasteiger partial charge in [0.25, 0.3) is 5.91 Å². The van der Waals surface area contributed by atoms with Crippen LogP contribution in [-0.2, 0) is 23.1 Å². The minimum absolute atomic E-state index is 0.131. The molecule has 0 atom stereocenters. The van der Waals surface area contributed by atoms with E-state index in [-0.39, 0.29) is 5.56 Å². The molecular weight excluding hydrogens is 441 g/mol. The Morgan fingerprint density at radius 3 is 2.12 bits per heavy atom. The van der Waals surface area contributed by atoms with Crippen LogP contribution in [0.25, 0.3) is 0 Å². The fourth-order valence-electron chi connectivity index (χ4n) is 4.51. The number of nitrogens with zero attached hydrogens (tertiary/aromatic N) is 2. The van der Waals surface area contributed by atoms with Crippen molar-refractivity contribution in [2.24, 2.45) is 0 Å². The van der Waals surface area contributed by atoms with E-state index in [1.807, 2.05) is 12.1 Å². The number of carbonyl (C=O) groups excluding carboxylic acids is 1. The number of halogens is 1. The molecule has 0 bridgehead atoms. The third-order valence-corrected chi connectivity index (χ3v) is 8.37. The van der Waals surface area contributed by atoms with Gasteiger partial charge in [0.1, 0.15) is 10.7 Å². The summed E-state index contributed by atoms with van der Waals surface area (Å²) in [7, 11) is -3.94. The van der Waals surface area contributed by atoms with Crippen LogP contribution in [0.3, 0.4) is 0 Å². The summed E-state index contributed by atoms with van der Waals surface area (Å²) in [5, 5.41) is 2.81. The van der Waals surface area contributed by atoms with Crippen LogP contribution in [0.5, 0.6) is 0 Å². The number of hydrogen-bond acceptors (Lipinski definition) is 4. The van der Waals surface area contributed by atoms with E-state index in [9.17, 15) is 17.6 Å². The van der Waals surface area contributed by atoms with Crippen LogP contribution in [0.4, 0.5) is 4.39 Å². The molecule has 2 fully saturated rings. The third-order valence-electron chi connectivity index (χ3n) is 6.46. The summed E-state index contributed by atoms with van der Waals surface area (Å²) < 4.78 is 41.1. The van der Waals surface area contributed by atoms with Gasteiger partial charge in [-0.2, -0.15) is 4.31 Å². The highest BCUT2D eigenvalue weighted by molar-refractivity contribution is 7.89. The summed E-state index contributed by atoms with van der Waals surface area (Å²) >= 11 is 0. The molecule has 178 valence electrons. The molecule has 8 heteroatoms. The van der Waals surface area contributed by atoms with Crippen molar-refractivity contribution < 1.29 is 17.6 Å². The summed E-state index contributed by atoms with van der Waals surface area (Å²) in [5.41, 5.74) is 2.34. The maximum absolute atomic E-state index is 14.3. The van der Waals surface area contributed by atoms with Crippen molar-refractivity contribution >= 4 is 15.9 Å². The molecule has 0 unspecified atom stereocenters. The summed E-state index contributed by atoms with van der Waals surface area (Å²) in [5.74, 6) is -1.26. The first kappa shape index (κ1) is 23.9. The van der Waals surface area contributed by atoms with Gasteiger partial charge in [-0.1, -0.05) is 37.1 Å². The molecule has 2 aromatic rings. The van der Waals surface area contributed by atoms with Crippen molar-refractivity contribution in [3.05, 3.63) is 65.0 Å². The van der Waals surface area contributed by atoms with E-state index in [1.54, 1.807) is 0 Å². The van der Waals surface area contributed by atoms with E-state index < -0.39 is 26.6 Å². The van der Waals surface area contributed by atoms with Crippen LogP contribution in [0.2, 0.25) is 0 Å². The summed E-state index contributed by atoms with van der Waals surface area (Å²) in [4.78, 5) is 14.7. The second-order valence-corrected chi connectivity index (χ2v) is 10.9. The Morgan fingerprint density at radius 1 is 0.848 bits per heavy atom. The summed E-state index contributed by atoms with van der Waals surface area (Å²) in [6.45, 7) is 4.30. The molecule has 0 radical (unpaired) electrons. The zero-order valence-corrected chi connectivity index (χ0v) is 19.7. The highest BCUT2D eigenvalue weighted by atomic mass is 32.2. The average Bonchev–Trinajstić information content (AvgIpc) is 3.25. The van der Waals surface area contributed by atoms with Crippen molar-refractivity contribution in [1.29, 1.82) is 0 Å². The van der Waals surface area contributed by atoms with Gasteiger partial charge >= 0.3 is 0 Å². The van der Waals surface area contributed by atoms with Gasteiger partial charge in [-0.25, -0.2) is 12.8 Å². The van der Waals surface area contributed by atoms with Gasteiger partial charge in [0.15, 0.2) is 0 Å². The SMILES string of the molecule is O=C(NCc1ccc(CN2CCCCCC2)cc1)c1ccc(F)c(S(=O)(=O)N2CCCC2)c1. The van der Waals surface area contributed by atoms with Gasteiger partial charge in [-0.3, -0.25) is 9.69 Å². The predicted octanol–water partition coefficient (Wildman–Crippen LogP) is 3.92. The Morgan fingerprint density at radius 2 is 1.45 bits per heavy atom. The van der Waals surface area contributed by atoms with Crippen molar-refractivity contribution in [3.8, 4) is 0 Å². The highest BCUT2D eigenvalue weighted by Gasteiger charge is 2.30. The molecule has 2 aliphatic heterocycles. The van der Waals surface area contributed by atoms with Gasteiger partial charge in [0.2, 0.25) is 10.0 Å². The van der Waals surface area contributed by atoms with Gasteiger partial charge in [-0.05, 0) is 68.1 Å². The molecule has 2 heterocycles. The Labute approximate surface area is 195 Å². The lowest BCUT2D eigenvalue weighted by Crippen LogP contribution is -2.29. The molecule has 6 nitrogen and oxygen atoms in total. The van der Waals surface area contributed by atoms with Crippen molar-refractivity contribution in [2.45, 2.75) is 56.5 Å². The summed E-state index contributed by atoms with van der Waals surface area (Å²) in [6.07, 6.45) is 6.67. The quantitative estimate of drug-likeness (QED) is 0.662. The molecule has 2 aromatic carbocycles. The Kier molecular flexibility index (Phi) is 7.78. The fourth-order valence-corrected chi connectivity index (χ4v) is 6.12. The molecule has 4 rings (SSSR count). The average molecular weight is 474 g/mol. The van der Waals surface area contributed by atoms with Crippen LogP contribution < -0.4 is 5.32 Å². The number of nitrogens with one attached hydrogen (secondary N) is 1. The lowest BCUT2D eigenvalue weighted by molar-refractivity contribution is 0.0950. The van der Waals surface area contributed by atoms with E-state index in [4.69, 9.17) is 0 Å². The second kappa shape index (κ2) is 10.8. The minimum atomic E-state index is -3.94. The van der Waals surface area contributed by atoms with Gasteiger partial charge in [-0.15, -0.1) is 0 Å². The molecule has 0 aromatic heterocycles. The molecule has 0 aliphatic carbocycles. The Bertz CT molecular complexity index is 1060. The Balaban J connectivity index is 1.36. The first-order valence-electron chi connectivity index (χ1n) is 11.8. The zero-order valence-electron chi connectivity index (χ0n) is 18.9. The topological polar surface area (TPSA) is 69.7 Å². The number of benzene rings is 2. The van der Waals surface area contributed by atoms with E-state index in [2.05, 4.69) is 22.3 Å². The van der Waals surface area contributed by atoms with Crippen molar-refractivity contribution in [1.82, 2.24) is 14.5 Å². The Hall–Kier alpha value is -2.29. The minimum Gasteiger partial charge on any atom is -0.348 e. The number of sulfonamides is 1. The van der Waals surface area contributed by atoms with Crippen LogP contribution in [0.15, 0.2) is 47.4 Å². The number of carbonyl (C=O) groups is 1. The standard InChI is InChI=1S/C25H32FN3O3S/c26-23-12-11-22(17-24(23)33(31,32)29-15-5-6-16-29)25(30)27-18-20-7-9-21(10-8-20)19-28-13-3-1-2-4-14-28/h7-12,17H,1-6,13-16,18-19H2,(H,27,30). The monoisotopic (exact) mass is 473 g/mol. The van der Waals surface area contributed by atoms with Gasteiger partial charge in [0.05, 0.1) is 0 Å². The molecular formula is C25H32FN3O3S. The number of amides is 1. The normalized spacial score (nSPS) is 18.2. The first-order valence-corrected chi connectivity index (χ1v) is 13.3. The van der Waals surface area contributed by atoms with E-state index >= 15 is 0 Å².